The maximum atomic E-state index is 12.1. The summed E-state index contributed by atoms with van der Waals surface area (Å²) in [6, 6.07) is 9.65. The number of benzene rings is 1. The third-order valence-electron chi connectivity index (χ3n) is 4.05. The highest BCUT2D eigenvalue weighted by atomic mass is 35.5. The van der Waals surface area contributed by atoms with E-state index in [1.54, 1.807) is 11.1 Å². The number of halogens is 2. The first-order valence-corrected chi connectivity index (χ1v) is 7.64. The highest BCUT2D eigenvalue weighted by Crippen LogP contribution is 2.21. The van der Waals surface area contributed by atoms with Crippen molar-refractivity contribution < 1.29 is 19.1 Å². The Morgan fingerprint density at radius 3 is 2.60 bits per heavy atom. The lowest BCUT2D eigenvalue weighted by Gasteiger charge is -2.14. The Morgan fingerprint density at radius 2 is 1.96 bits per heavy atom. The molecule has 1 aliphatic rings. The molecule has 0 radical (unpaired) electrons. The van der Waals surface area contributed by atoms with Crippen molar-refractivity contribution in [3.8, 4) is 11.3 Å². The van der Waals surface area contributed by atoms with Crippen LogP contribution in [0.25, 0.3) is 11.3 Å². The first-order valence-electron chi connectivity index (χ1n) is 7.64. The molecule has 0 spiro atoms. The summed E-state index contributed by atoms with van der Waals surface area (Å²) in [4.78, 5) is 28.9. The van der Waals surface area contributed by atoms with Crippen LogP contribution in [0.5, 0.6) is 0 Å². The molecular weight excluding hydrogens is 367 g/mol. The number of hydrogen-bond acceptors (Lipinski definition) is 4. The van der Waals surface area contributed by atoms with Gasteiger partial charge in [0.05, 0.1) is 12.1 Å². The third-order valence-corrected chi connectivity index (χ3v) is 4.05. The van der Waals surface area contributed by atoms with Crippen LogP contribution in [0.4, 0.5) is 0 Å². The zero-order valence-corrected chi connectivity index (χ0v) is 15.1. The lowest BCUT2D eigenvalue weighted by Crippen LogP contribution is -2.30. The number of rotatable bonds is 5. The number of carbonyl (C=O) groups excluding carboxylic acids is 1. The van der Waals surface area contributed by atoms with Gasteiger partial charge in [0.15, 0.2) is 11.7 Å². The molecule has 0 bridgehead atoms. The summed E-state index contributed by atoms with van der Waals surface area (Å²) >= 11 is 0. The maximum absolute atomic E-state index is 12.1. The van der Waals surface area contributed by atoms with Gasteiger partial charge >= 0.3 is 5.97 Å². The summed E-state index contributed by atoms with van der Waals surface area (Å²) in [5.74, 6) is -0.120. The molecule has 8 heteroatoms. The summed E-state index contributed by atoms with van der Waals surface area (Å²) in [5, 5.41) is 8.97. The molecule has 1 aliphatic heterocycles. The van der Waals surface area contributed by atoms with Crippen LogP contribution < -0.4 is 0 Å². The fourth-order valence-electron chi connectivity index (χ4n) is 2.72. The molecule has 1 aromatic heterocycles. The number of likely N-dealkylation sites (tertiary alicyclic amines) is 1. The number of carbonyl (C=O) groups is 2. The van der Waals surface area contributed by atoms with Crippen LogP contribution in [0, 0.1) is 5.92 Å². The lowest BCUT2D eigenvalue weighted by molar-refractivity contribution is -0.141. The molecule has 0 aliphatic carbocycles. The highest BCUT2D eigenvalue weighted by molar-refractivity contribution is 5.85. The van der Waals surface area contributed by atoms with Gasteiger partial charge in [0.2, 0.25) is 5.91 Å². The summed E-state index contributed by atoms with van der Waals surface area (Å²) in [6.45, 7) is 0.811. The second-order valence-corrected chi connectivity index (χ2v) is 5.65. The number of carboxylic acid groups (broad SMARTS) is 1. The van der Waals surface area contributed by atoms with Crippen molar-refractivity contribution in [2.24, 2.45) is 5.92 Å². The molecule has 25 heavy (non-hydrogen) atoms. The summed E-state index contributed by atoms with van der Waals surface area (Å²) in [6.07, 6.45) is 2.88. The van der Waals surface area contributed by atoms with E-state index >= 15 is 0 Å². The Labute approximate surface area is 158 Å². The van der Waals surface area contributed by atoms with E-state index in [9.17, 15) is 9.59 Å². The molecule has 1 atom stereocenters. The first kappa shape index (κ1) is 21.0. The van der Waals surface area contributed by atoms with Crippen LogP contribution in [-0.2, 0) is 16.0 Å². The van der Waals surface area contributed by atoms with Gasteiger partial charge in [-0.05, 0) is 6.42 Å². The van der Waals surface area contributed by atoms with Crippen LogP contribution in [-0.4, -0.2) is 40.0 Å². The molecule has 2 aromatic rings. The molecule has 1 fully saturated rings. The van der Waals surface area contributed by atoms with Gasteiger partial charge < -0.3 is 14.4 Å². The van der Waals surface area contributed by atoms with Gasteiger partial charge in [-0.2, -0.15) is 0 Å². The van der Waals surface area contributed by atoms with Crippen molar-refractivity contribution in [3.05, 3.63) is 42.4 Å². The van der Waals surface area contributed by atoms with Crippen LogP contribution >= 0.6 is 24.8 Å². The van der Waals surface area contributed by atoms with E-state index < -0.39 is 11.9 Å². The number of nitrogens with zero attached hydrogens (tertiary/aromatic N) is 2. The third kappa shape index (κ3) is 5.21. The first-order chi connectivity index (χ1) is 11.1. The van der Waals surface area contributed by atoms with Gasteiger partial charge in [-0.25, -0.2) is 4.98 Å². The van der Waals surface area contributed by atoms with Gasteiger partial charge in [0.25, 0.3) is 0 Å². The monoisotopic (exact) mass is 386 g/mol. The Hall–Kier alpha value is -2.05. The van der Waals surface area contributed by atoms with Gasteiger partial charge in [-0.1, -0.05) is 30.3 Å². The van der Waals surface area contributed by atoms with Crippen LogP contribution in [0.15, 0.2) is 40.9 Å². The number of aliphatic carboxylic acids is 1. The topological polar surface area (TPSA) is 83.6 Å². The van der Waals surface area contributed by atoms with Crippen LogP contribution in [0.1, 0.15) is 18.7 Å². The number of aromatic nitrogens is 1. The van der Waals surface area contributed by atoms with Crippen molar-refractivity contribution in [2.45, 2.75) is 19.3 Å². The van der Waals surface area contributed by atoms with Gasteiger partial charge in [0, 0.05) is 31.5 Å². The number of hydrogen-bond donors (Lipinski definition) is 1. The van der Waals surface area contributed by atoms with E-state index in [-0.39, 0.29) is 37.1 Å². The molecule has 1 unspecified atom stereocenters. The Morgan fingerprint density at radius 1 is 1.24 bits per heavy atom. The Kier molecular flexibility index (Phi) is 7.93. The van der Waals surface area contributed by atoms with E-state index in [1.165, 1.54) is 0 Å². The smallest absolute Gasteiger partial charge is 0.308 e. The molecule has 1 aromatic carbocycles. The fraction of sp³-hybridized carbons (Fsp3) is 0.353. The van der Waals surface area contributed by atoms with Gasteiger partial charge in [0.1, 0.15) is 0 Å². The van der Waals surface area contributed by atoms with Crippen molar-refractivity contribution in [2.75, 3.05) is 13.1 Å². The molecule has 136 valence electrons. The normalized spacial score (nSPS) is 16.0. The summed E-state index contributed by atoms with van der Waals surface area (Å²) in [7, 11) is 0. The molecule has 0 saturated carbocycles. The molecule has 6 nitrogen and oxygen atoms in total. The molecule has 3 rings (SSSR count). The predicted octanol–water partition coefficient (Wildman–Crippen LogP) is 3.05. The Balaban J connectivity index is 0.00000156. The van der Waals surface area contributed by atoms with Crippen LogP contribution in [0.2, 0.25) is 0 Å². The van der Waals surface area contributed by atoms with E-state index in [4.69, 9.17) is 9.52 Å². The molecular formula is C17H20Cl2N2O4. The largest absolute Gasteiger partial charge is 0.481 e. The second kappa shape index (κ2) is 9.44. The second-order valence-electron chi connectivity index (χ2n) is 5.65. The van der Waals surface area contributed by atoms with Crippen LogP contribution in [0.3, 0.4) is 0 Å². The highest BCUT2D eigenvalue weighted by Gasteiger charge is 2.30. The molecule has 2 heterocycles. The minimum Gasteiger partial charge on any atom is -0.481 e. The van der Waals surface area contributed by atoms with E-state index in [1.807, 2.05) is 30.3 Å². The van der Waals surface area contributed by atoms with Crippen molar-refractivity contribution in [3.63, 3.8) is 0 Å². The Bertz CT molecular complexity index is 706. The van der Waals surface area contributed by atoms with E-state index in [0.29, 0.717) is 37.6 Å². The summed E-state index contributed by atoms with van der Waals surface area (Å²) in [5.41, 5.74) is 0.946. The van der Waals surface area contributed by atoms with Gasteiger partial charge in [-0.3, -0.25) is 9.59 Å². The zero-order chi connectivity index (χ0) is 16.2. The number of carboxylic acids is 1. The SMILES string of the molecule is Cl.Cl.O=C(O)C1CCN(C(=O)CCc2ncc(-c3ccccc3)o2)C1. The summed E-state index contributed by atoms with van der Waals surface area (Å²) < 4.78 is 5.67. The number of aryl methyl sites for hydroxylation is 1. The zero-order valence-electron chi connectivity index (χ0n) is 13.5. The van der Waals surface area contributed by atoms with Gasteiger partial charge in [-0.15, -0.1) is 24.8 Å². The van der Waals surface area contributed by atoms with E-state index in [0.717, 1.165) is 5.56 Å². The minimum absolute atomic E-state index is 0. The van der Waals surface area contributed by atoms with Crippen molar-refractivity contribution in [1.82, 2.24) is 9.88 Å². The van der Waals surface area contributed by atoms with Crippen molar-refractivity contribution >= 4 is 36.7 Å². The molecule has 1 N–H and O–H groups in total. The predicted molar refractivity (Wildman–Crippen MR) is 97.1 cm³/mol. The average Bonchev–Trinajstić information content (AvgIpc) is 3.23. The average molecular weight is 387 g/mol. The van der Waals surface area contributed by atoms with E-state index in [2.05, 4.69) is 4.98 Å². The van der Waals surface area contributed by atoms with Crippen molar-refractivity contribution in [1.29, 1.82) is 0 Å². The molecule has 1 amide bonds. The number of amides is 1. The minimum atomic E-state index is -0.833. The molecule has 1 saturated heterocycles. The lowest BCUT2D eigenvalue weighted by atomic mass is 10.1. The maximum Gasteiger partial charge on any atom is 0.308 e. The number of oxazole rings is 1. The fourth-order valence-corrected chi connectivity index (χ4v) is 2.72. The standard InChI is InChI=1S/C17H18N2O4.2ClH/c20-16(19-9-8-13(11-19)17(21)22)7-6-15-18-10-14(23-15)12-4-2-1-3-5-12;;/h1-5,10,13H,6-9,11H2,(H,21,22);2*1H. The quantitative estimate of drug-likeness (QED) is 0.853.